The highest BCUT2D eigenvalue weighted by Crippen LogP contribution is 2.38. The van der Waals surface area contributed by atoms with Gasteiger partial charge in [0, 0.05) is 16.3 Å². The lowest BCUT2D eigenvalue weighted by Crippen LogP contribution is -2.15. The fraction of sp³-hybridized carbons (Fsp3) is 0.190. The van der Waals surface area contributed by atoms with Crippen molar-refractivity contribution < 1.29 is 4.74 Å². The Morgan fingerprint density at radius 3 is 2.67 bits per heavy atom. The van der Waals surface area contributed by atoms with E-state index in [1.807, 2.05) is 36.4 Å². The monoisotopic (exact) mass is 315 g/mol. The molecule has 0 saturated heterocycles. The number of aromatic amines is 1. The molecule has 4 aromatic rings. The molecule has 118 valence electrons. The van der Waals surface area contributed by atoms with Gasteiger partial charge in [-0.05, 0) is 47.4 Å². The molecule has 3 nitrogen and oxygen atoms in total. The van der Waals surface area contributed by atoms with Crippen LogP contribution in [0.15, 0.2) is 53.3 Å². The Labute approximate surface area is 138 Å². The van der Waals surface area contributed by atoms with Crippen LogP contribution in [0, 0.1) is 0 Å². The molecular weight excluding hydrogens is 298 g/mol. The lowest BCUT2D eigenvalue weighted by molar-refractivity contribution is 0.273. The van der Waals surface area contributed by atoms with Gasteiger partial charge in [0.25, 0.3) is 0 Å². The number of aromatic nitrogens is 1. The number of rotatable bonds is 0. The molecular formula is C21H17NO2. The lowest BCUT2D eigenvalue weighted by atomic mass is 9.92. The third kappa shape index (κ3) is 1.81. The number of nitrogens with one attached hydrogen (secondary N) is 1. The Hall–Kier alpha value is -2.81. The van der Waals surface area contributed by atoms with Gasteiger partial charge in [0.05, 0.1) is 17.6 Å². The van der Waals surface area contributed by atoms with Crippen molar-refractivity contribution in [2.24, 2.45) is 0 Å². The summed E-state index contributed by atoms with van der Waals surface area (Å²) >= 11 is 0. The fourth-order valence-electron chi connectivity index (χ4n) is 3.84. The number of benzene rings is 3. The molecule has 0 radical (unpaired) electrons. The summed E-state index contributed by atoms with van der Waals surface area (Å²) in [5.74, 6) is 1.28. The highest BCUT2D eigenvalue weighted by atomic mass is 16.5. The summed E-state index contributed by atoms with van der Waals surface area (Å²) in [6.45, 7) is 2.94. The minimum absolute atomic E-state index is 0.0880. The van der Waals surface area contributed by atoms with E-state index in [1.54, 1.807) is 0 Å². The van der Waals surface area contributed by atoms with Gasteiger partial charge in [-0.25, -0.2) is 0 Å². The summed E-state index contributed by atoms with van der Waals surface area (Å²) in [6.07, 6.45) is 0.976. The summed E-state index contributed by atoms with van der Waals surface area (Å²) in [5.41, 5.74) is 3.03. The summed E-state index contributed by atoms with van der Waals surface area (Å²) in [5, 5.41) is 3.71. The molecule has 0 saturated carbocycles. The van der Waals surface area contributed by atoms with E-state index in [-0.39, 0.29) is 5.43 Å². The maximum Gasteiger partial charge on any atom is 0.197 e. The van der Waals surface area contributed by atoms with Crippen molar-refractivity contribution in [3.05, 3.63) is 64.3 Å². The molecule has 1 aliphatic rings. The number of hydrogen-bond donors (Lipinski definition) is 1. The van der Waals surface area contributed by atoms with E-state index in [9.17, 15) is 4.79 Å². The van der Waals surface area contributed by atoms with Crippen molar-refractivity contribution in [1.82, 2.24) is 4.98 Å². The van der Waals surface area contributed by atoms with Crippen LogP contribution in [0.4, 0.5) is 0 Å². The fourth-order valence-corrected chi connectivity index (χ4v) is 3.84. The van der Waals surface area contributed by atoms with Crippen molar-refractivity contribution in [3.8, 4) is 5.75 Å². The van der Waals surface area contributed by atoms with Crippen LogP contribution in [0.1, 0.15) is 24.8 Å². The van der Waals surface area contributed by atoms with Crippen LogP contribution in [0.2, 0.25) is 0 Å². The Balaban J connectivity index is 1.96. The van der Waals surface area contributed by atoms with Crippen LogP contribution in [0.25, 0.3) is 32.6 Å². The Morgan fingerprint density at radius 2 is 1.83 bits per heavy atom. The molecule has 24 heavy (non-hydrogen) atoms. The maximum atomic E-state index is 13.1. The molecule has 0 bridgehead atoms. The first-order chi connectivity index (χ1) is 11.7. The van der Waals surface area contributed by atoms with Gasteiger partial charge in [-0.2, -0.15) is 0 Å². The molecule has 3 aromatic carbocycles. The zero-order valence-corrected chi connectivity index (χ0v) is 13.4. The average molecular weight is 315 g/mol. The van der Waals surface area contributed by atoms with Gasteiger partial charge in [0.2, 0.25) is 0 Å². The van der Waals surface area contributed by atoms with E-state index in [4.69, 9.17) is 4.74 Å². The van der Waals surface area contributed by atoms with E-state index in [2.05, 4.69) is 24.0 Å². The molecule has 0 fully saturated rings. The molecule has 1 aromatic heterocycles. The highest BCUT2D eigenvalue weighted by molar-refractivity contribution is 6.01. The molecule has 0 aliphatic carbocycles. The molecule has 2 heterocycles. The third-order valence-corrected chi connectivity index (χ3v) is 5.14. The first-order valence-electron chi connectivity index (χ1n) is 8.36. The smallest absolute Gasteiger partial charge is 0.197 e. The van der Waals surface area contributed by atoms with Crippen molar-refractivity contribution >= 4 is 32.6 Å². The molecule has 1 N–H and O–H groups in total. The van der Waals surface area contributed by atoms with Gasteiger partial charge < -0.3 is 9.72 Å². The number of H-pyrrole nitrogens is 1. The predicted molar refractivity (Wildman–Crippen MR) is 98.1 cm³/mol. The van der Waals surface area contributed by atoms with E-state index in [1.165, 1.54) is 0 Å². The number of fused-ring (bicyclic) bond motifs is 5. The second kappa shape index (κ2) is 4.84. The topological polar surface area (TPSA) is 42.1 Å². The van der Waals surface area contributed by atoms with E-state index in [0.29, 0.717) is 5.92 Å². The Kier molecular flexibility index (Phi) is 2.75. The van der Waals surface area contributed by atoms with Gasteiger partial charge >= 0.3 is 0 Å². The van der Waals surface area contributed by atoms with Crippen LogP contribution >= 0.6 is 0 Å². The normalized spacial score (nSPS) is 17.1. The second-order valence-electron chi connectivity index (χ2n) is 6.64. The van der Waals surface area contributed by atoms with Crippen molar-refractivity contribution in [1.29, 1.82) is 0 Å². The average Bonchev–Trinajstić information content (AvgIpc) is 2.60. The van der Waals surface area contributed by atoms with Crippen molar-refractivity contribution in [3.63, 3.8) is 0 Å². The van der Waals surface area contributed by atoms with E-state index in [0.717, 1.165) is 56.9 Å². The molecule has 3 heteroatoms. The largest absolute Gasteiger partial charge is 0.493 e. The van der Waals surface area contributed by atoms with Crippen LogP contribution in [-0.2, 0) is 0 Å². The van der Waals surface area contributed by atoms with E-state index >= 15 is 0 Å². The van der Waals surface area contributed by atoms with Gasteiger partial charge in [-0.15, -0.1) is 0 Å². The summed E-state index contributed by atoms with van der Waals surface area (Å²) in [6, 6.07) is 16.0. The predicted octanol–water partition coefficient (Wildman–Crippen LogP) is 4.72. The van der Waals surface area contributed by atoms with Crippen molar-refractivity contribution in [2.75, 3.05) is 6.61 Å². The Bertz CT molecular complexity index is 1170. The quantitative estimate of drug-likeness (QED) is 0.477. The van der Waals surface area contributed by atoms with Gasteiger partial charge in [-0.3, -0.25) is 4.79 Å². The van der Waals surface area contributed by atoms with Gasteiger partial charge in [0.1, 0.15) is 5.75 Å². The molecule has 0 amide bonds. The summed E-state index contributed by atoms with van der Waals surface area (Å²) in [7, 11) is 0. The lowest BCUT2D eigenvalue weighted by Gasteiger charge is -2.24. The molecule has 1 unspecified atom stereocenters. The summed E-state index contributed by atoms with van der Waals surface area (Å²) in [4.78, 5) is 16.6. The first-order valence-corrected chi connectivity index (χ1v) is 8.36. The number of pyridine rings is 1. The van der Waals surface area contributed by atoms with E-state index < -0.39 is 0 Å². The maximum absolute atomic E-state index is 13.1. The SMILES string of the molecule is CC1CCOc2ccc3c(=O)c4cc5ccccc5cc4[nH]c3c21. The van der Waals surface area contributed by atoms with Crippen LogP contribution in [-0.4, -0.2) is 11.6 Å². The van der Waals surface area contributed by atoms with Crippen LogP contribution in [0.3, 0.4) is 0 Å². The van der Waals surface area contributed by atoms with Crippen LogP contribution < -0.4 is 10.2 Å². The van der Waals surface area contributed by atoms with Gasteiger partial charge in [-0.1, -0.05) is 31.2 Å². The molecule has 5 rings (SSSR count). The highest BCUT2D eigenvalue weighted by Gasteiger charge is 2.22. The zero-order valence-electron chi connectivity index (χ0n) is 13.4. The summed E-state index contributed by atoms with van der Waals surface area (Å²) < 4.78 is 5.80. The molecule has 0 spiro atoms. The third-order valence-electron chi connectivity index (χ3n) is 5.14. The minimum Gasteiger partial charge on any atom is -0.493 e. The number of hydrogen-bond acceptors (Lipinski definition) is 2. The minimum atomic E-state index is 0.0880. The molecule has 1 atom stereocenters. The number of ether oxygens (including phenoxy) is 1. The zero-order chi connectivity index (χ0) is 16.3. The van der Waals surface area contributed by atoms with Crippen LogP contribution in [0.5, 0.6) is 5.75 Å². The Morgan fingerprint density at radius 1 is 1.04 bits per heavy atom. The van der Waals surface area contributed by atoms with Gasteiger partial charge in [0.15, 0.2) is 5.43 Å². The second-order valence-corrected chi connectivity index (χ2v) is 6.64. The molecule has 1 aliphatic heterocycles. The standard InChI is InChI=1S/C21H17NO2/c1-12-8-9-24-18-7-6-15-20(19(12)18)22-17-11-14-5-3-2-4-13(14)10-16(17)21(15)23/h2-7,10-12H,8-9H2,1H3,(H,22,23). The van der Waals surface area contributed by atoms with Crippen molar-refractivity contribution in [2.45, 2.75) is 19.3 Å². The first kappa shape index (κ1) is 13.6.